The van der Waals surface area contributed by atoms with E-state index < -0.39 is 0 Å². The molecule has 0 aliphatic rings. The summed E-state index contributed by atoms with van der Waals surface area (Å²) in [5, 5.41) is 0.953. The van der Waals surface area contributed by atoms with Crippen LogP contribution in [0.3, 0.4) is 0 Å². The third-order valence-electron chi connectivity index (χ3n) is 4.30. The van der Waals surface area contributed by atoms with Crippen LogP contribution in [0, 0.1) is 0 Å². The summed E-state index contributed by atoms with van der Waals surface area (Å²) in [7, 11) is 0. The van der Waals surface area contributed by atoms with Crippen LogP contribution in [0.15, 0.2) is 73.1 Å². The summed E-state index contributed by atoms with van der Waals surface area (Å²) in [6.07, 6.45) is 4.61. The zero-order chi connectivity index (χ0) is 19.1. The molecule has 3 aromatic rings. The zero-order valence-electron chi connectivity index (χ0n) is 14.8. The molecule has 3 rings (SSSR count). The molecule has 2 aromatic carbocycles. The van der Waals surface area contributed by atoms with E-state index in [2.05, 4.69) is 17.1 Å². The van der Waals surface area contributed by atoms with E-state index in [1.165, 1.54) is 5.56 Å². The smallest absolute Gasteiger partial charge is 0.227 e. The summed E-state index contributed by atoms with van der Waals surface area (Å²) >= 11 is 12.1. The van der Waals surface area contributed by atoms with Gasteiger partial charge >= 0.3 is 0 Å². The van der Waals surface area contributed by atoms with Gasteiger partial charge in [0.25, 0.3) is 0 Å². The van der Waals surface area contributed by atoms with Gasteiger partial charge in [-0.3, -0.25) is 9.78 Å². The molecule has 1 aromatic heterocycles. The van der Waals surface area contributed by atoms with Crippen molar-refractivity contribution < 1.29 is 4.79 Å². The summed E-state index contributed by atoms with van der Waals surface area (Å²) in [5.41, 5.74) is 3.06. The first-order valence-electron chi connectivity index (χ1n) is 8.76. The van der Waals surface area contributed by atoms with E-state index in [0.29, 0.717) is 23.1 Å². The van der Waals surface area contributed by atoms with Gasteiger partial charge in [0.15, 0.2) is 0 Å². The number of halogens is 2. The summed E-state index contributed by atoms with van der Waals surface area (Å²) in [5.74, 6) is 0.0492. The summed E-state index contributed by atoms with van der Waals surface area (Å²) in [6, 6.07) is 19.3. The molecule has 0 bridgehead atoms. The Balaban J connectivity index is 1.72. The maximum absolute atomic E-state index is 13.0. The van der Waals surface area contributed by atoms with Crippen molar-refractivity contribution in [1.29, 1.82) is 0 Å². The Hall–Kier alpha value is -2.36. The fraction of sp³-hybridized carbons (Fsp3) is 0.182. The molecule has 0 aliphatic heterocycles. The lowest BCUT2D eigenvalue weighted by molar-refractivity contribution is -0.131. The van der Waals surface area contributed by atoms with Gasteiger partial charge in [0, 0.05) is 25.5 Å². The highest BCUT2D eigenvalue weighted by Crippen LogP contribution is 2.23. The van der Waals surface area contributed by atoms with E-state index in [0.717, 1.165) is 17.5 Å². The minimum absolute atomic E-state index is 0.0492. The van der Waals surface area contributed by atoms with Crippen molar-refractivity contribution in [1.82, 2.24) is 9.88 Å². The topological polar surface area (TPSA) is 33.2 Å². The van der Waals surface area contributed by atoms with Crippen LogP contribution in [0.5, 0.6) is 0 Å². The summed E-state index contributed by atoms with van der Waals surface area (Å²) in [6.45, 7) is 1.17. The second kappa shape index (κ2) is 9.54. The van der Waals surface area contributed by atoms with Crippen LogP contribution in [-0.2, 0) is 24.2 Å². The van der Waals surface area contributed by atoms with Crippen molar-refractivity contribution in [2.24, 2.45) is 0 Å². The molecular weight excluding hydrogens is 379 g/mol. The molecule has 3 nitrogen and oxygen atoms in total. The molecule has 0 saturated carbocycles. The highest BCUT2D eigenvalue weighted by atomic mass is 35.5. The van der Waals surface area contributed by atoms with Gasteiger partial charge in [0.1, 0.15) is 0 Å². The number of nitrogens with zero attached hydrogens (tertiary/aromatic N) is 2. The summed E-state index contributed by atoms with van der Waals surface area (Å²) < 4.78 is 0. The Bertz CT molecular complexity index is 885. The van der Waals surface area contributed by atoms with Crippen molar-refractivity contribution in [3.05, 3.63) is 99.8 Å². The predicted molar refractivity (Wildman–Crippen MR) is 110 cm³/mol. The maximum atomic E-state index is 13.0. The third-order valence-corrected chi connectivity index (χ3v) is 5.04. The first kappa shape index (κ1) is 19.4. The summed E-state index contributed by atoms with van der Waals surface area (Å²) in [4.78, 5) is 19.0. The molecule has 0 fully saturated rings. The number of carbonyl (C=O) groups is 1. The van der Waals surface area contributed by atoms with Gasteiger partial charge < -0.3 is 4.90 Å². The first-order valence-corrected chi connectivity index (χ1v) is 9.52. The molecule has 0 unspecified atom stereocenters. The quantitative estimate of drug-likeness (QED) is 0.547. The Kier molecular flexibility index (Phi) is 6.86. The molecule has 0 N–H and O–H groups in total. The SMILES string of the molecule is O=C(Cc1ccc(Cl)c(Cl)c1)N(CCc1ccccc1)Cc1cccnc1. The lowest BCUT2D eigenvalue weighted by Crippen LogP contribution is -2.33. The molecule has 1 amide bonds. The number of rotatable bonds is 7. The number of benzene rings is 2. The Morgan fingerprint density at radius 2 is 1.67 bits per heavy atom. The minimum Gasteiger partial charge on any atom is -0.338 e. The predicted octanol–water partition coefficient (Wildman–Crippen LogP) is 5.20. The molecule has 138 valence electrons. The van der Waals surface area contributed by atoms with E-state index in [1.54, 1.807) is 24.5 Å². The number of carbonyl (C=O) groups excluding carboxylic acids is 1. The minimum atomic E-state index is 0.0492. The van der Waals surface area contributed by atoms with Gasteiger partial charge in [-0.2, -0.15) is 0 Å². The Labute approximate surface area is 169 Å². The van der Waals surface area contributed by atoms with Crippen molar-refractivity contribution in [2.45, 2.75) is 19.4 Å². The monoisotopic (exact) mass is 398 g/mol. The van der Waals surface area contributed by atoms with Gasteiger partial charge in [0.2, 0.25) is 5.91 Å². The largest absolute Gasteiger partial charge is 0.338 e. The lowest BCUT2D eigenvalue weighted by atomic mass is 10.1. The number of hydrogen-bond donors (Lipinski definition) is 0. The zero-order valence-corrected chi connectivity index (χ0v) is 16.3. The second-order valence-electron chi connectivity index (χ2n) is 6.34. The van der Waals surface area contributed by atoms with Crippen LogP contribution in [0.25, 0.3) is 0 Å². The van der Waals surface area contributed by atoms with Gasteiger partial charge in [-0.25, -0.2) is 0 Å². The van der Waals surface area contributed by atoms with Gasteiger partial charge in [-0.05, 0) is 41.3 Å². The van der Waals surface area contributed by atoms with E-state index >= 15 is 0 Å². The van der Waals surface area contributed by atoms with Crippen LogP contribution in [0.2, 0.25) is 10.0 Å². The van der Waals surface area contributed by atoms with Crippen LogP contribution in [0.1, 0.15) is 16.7 Å². The van der Waals surface area contributed by atoms with E-state index in [4.69, 9.17) is 23.2 Å². The molecule has 0 atom stereocenters. The molecule has 0 saturated heterocycles. The molecule has 1 heterocycles. The number of pyridine rings is 1. The molecule has 0 spiro atoms. The molecule has 5 heteroatoms. The van der Waals surface area contributed by atoms with Gasteiger partial charge in [-0.1, -0.05) is 65.7 Å². The van der Waals surface area contributed by atoms with E-state index in [-0.39, 0.29) is 12.3 Å². The Morgan fingerprint density at radius 1 is 0.889 bits per heavy atom. The third kappa shape index (κ3) is 5.81. The normalized spacial score (nSPS) is 10.6. The standard InChI is InChI=1S/C22H20Cl2N2O/c23-20-9-8-18(13-21(20)24)14-22(27)26(16-19-7-4-11-25-15-19)12-10-17-5-2-1-3-6-17/h1-9,11,13,15H,10,12,14,16H2. The van der Waals surface area contributed by atoms with Crippen LogP contribution in [-0.4, -0.2) is 22.3 Å². The van der Waals surface area contributed by atoms with E-state index in [9.17, 15) is 4.79 Å². The Morgan fingerprint density at radius 3 is 2.37 bits per heavy atom. The lowest BCUT2D eigenvalue weighted by Gasteiger charge is -2.23. The van der Waals surface area contributed by atoms with Crippen molar-refractivity contribution in [2.75, 3.05) is 6.54 Å². The van der Waals surface area contributed by atoms with Crippen LogP contribution < -0.4 is 0 Å². The molecule has 27 heavy (non-hydrogen) atoms. The highest BCUT2D eigenvalue weighted by Gasteiger charge is 2.15. The fourth-order valence-electron chi connectivity index (χ4n) is 2.85. The van der Waals surface area contributed by atoms with Gasteiger partial charge in [0.05, 0.1) is 16.5 Å². The first-order chi connectivity index (χ1) is 13.1. The number of amides is 1. The second-order valence-corrected chi connectivity index (χ2v) is 7.15. The van der Waals surface area contributed by atoms with Crippen molar-refractivity contribution >= 4 is 29.1 Å². The molecular formula is C22H20Cl2N2O. The van der Waals surface area contributed by atoms with E-state index in [1.807, 2.05) is 41.3 Å². The van der Waals surface area contributed by atoms with Crippen molar-refractivity contribution in [3.8, 4) is 0 Å². The maximum Gasteiger partial charge on any atom is 0.227 e. The van der Waals surface area contributed by atoms with Gasteiger partial charge in [-0.15, -0.1) is 0 Å². The molecule has 0 aliphatic carbocycles. The fourth-order valence-corrected chi connectivity index (χ4v) is 3.17. The average Bonchev–Trinajstić information content (AvgIpc) is 2.69. The number of aromatic nitrogens is 1. The number of hydrogen-bond acceptors (Lipinski definition) is 2. The molecule has 0 radical (unpaired) electrons. The van der Waals surface area contributed by atoms with Crippen molar-refractivity contribution in [3.63, 3.8) is 0 Å². The van der Waals surface area contributed by atoms with Crippen LogP contribution >= 0.6 is 23.2 Å². The highest BCUT2D eigenvalue weighted by molar-refractivity contribution is 6.42. The average molecular weight is 399 g/mol. The van der Waals surface area contributed by atoms with Crippen LogP contribution in [0.4, 0.5) is 0 Å².